The quantitative estimate of drug-likeness (QED) is 0.0461. The molecule has 1 unspecified atom stereocenters. The summed E-state index contributed by atoms with van der Waals surface area (Å²) in [5.74, 6) is -0.818. The highest BCUT2D eigenvalue weighted by Gasteiger charge is 2.14. The molecule has 0 heterocycles. The monoisotopic (exact) mass is 603 g/mol. The standard InChI is InChI=1S/C39H70O4/c1-3-5-7-9-11-12-13-14-15-16-17-18-19-20-21-22-23-24-26-28-30-36-39(42)43-37(34-31-32-35-38(40)41)33-29-27-25-10-8-6-4-2/h11-12,14-15,20-21,37H,3-10,13,16-19,22-36H2,1-2H3,(H,40,41)/b12-11-,15-14-,21-20-. The van der Waals surface area contributed by atoms with Crippen LogP contribution in [0.3, 0.4) is 0 Å². The first-order valence-electron chi connectivity index (χ1n) is 18.5. The van der Waals surface area contributed by atoms with Gasteiger partial charge in [0.15, 0.2) is 0 Å². The highest BCUT2D eigenvalue weighted by atomic mass is 16.5. The van der Waals surface area contributed by atoms with Gasteiger partial charge in [0.2, 0.25) is 0 Å². The Labute approximate surface area is 267 Å². The third kappa shape index (κ3) is 34.5. The van der Waals surface area contributed by atoms with Gasteiger partial charge >= 0.3 is 11.9 Å². The summed E-state index contributed by atoms with van der Waals surface area (Å²) in [6, 6.07) is 0. The molecule has 0 aliphatic carbocycles. The summed E-state index contributed by atoms with van der Waals surface area (Å²) in [6.45, 7) is 4.49. The smallest absolute Gasteiger partial charge is 0.306 e. The van der Waals surface area contributed by atoms with E-state index in [1.807, 2.05) is 0 Å². The molecule has 43 heavy (non-hydrogen) atoms. The number of carbonyl (C=O) groups is 2. The molecule has 0 saturated heterocycles. The number of aliphatic carboxylic acids is 1. The molecule has 0 aromatic rings. The summed E-state index contributed by atoms with van der Waals surface area (Å²) in [6.07, 6.45) is 44.5. The lowest BCUT2D eigenvalue weighted by atomic mass is 10.0. The number of allylic oxidation sites excluding steroid dienone is 6. The Balaban J connectivity index is 3.79. The second-order valence-electron chi connectivity index (χ2n) is 12.4. The first kappa shape index (κ1) is 41.2. The van der Waals surface area contributed by atoms with Crippen LogP contribution in [0.1, 0.15) is 194 Å². The molecule has 0 aliphatic rings. The van der Waals surface area contributed by atoms with Crippen LogP contribution >= 0.6 is 0 Å². The summed E-state index contributed by atoms with van der Waals surface area (Å²) in [7, 11) is 0. The lowest BCUT2D eigenvalue weighted by molar-refractivity contribution is -0.150. The fourth-order valence-corrected chi connectivity index (χ4v) is 5.33. The second-order valence-corrected chi connectivity index (χ2v) is 12.4. The molecule has 1 atom stereocenters. The van der Waals surface area contributed by atoms with Crippen LogP contribution in [0.4, 0.5) is 0 Å². The van der Waals surface area contributed by atoms with E-state index in [-0.39, 0.29) is 18.5 Å². The lowest BCUT2D eigenvalue weighted by Crippen LogP contribution is -2.18. The molecule has 0 aromatic carbocycles. The van der Waals surface area contributed by atoms with Gasteiger partial charge in [-0.3, -0.25) is 9.59 Å². The zero-order valence-corrected chi connectivity index (χ0v) is 28.5. The Bertz CT molecular complexity index is 693. The zero-order valence-electron chi connectivity index (χ0n) is 28.5. The fraction of sp³-hybridized carbons (Fsp3) is 0.795. The SMILES string of the molecule is CCCCC/C=C\C/C=C\CCCC/C=C\CCCCCCCC(=O)OC(CCCCCCCCC)CCCCC(=O)O. The number of carbonyl (C=O) groups excluding carboxylic acids is 1. The van der Waals surface area contributed by atoms with Gasteiger partial charge in [0, 0.05) is 12.8 Å². The number of ether oxygens (including phenoxy) is 1. The Morgan fingerprint density at radius 1 is 0.512 bits per heavy atom. The maximum atomic E-state index is 12.5. The van der Waals surface area contributed by atoms with E-state index in [0.29, 0.717) is 12.8 Å². The third-order valence-corrected chi connectivity index (χ3v) is 8.08. The van der Waals surface area contributed by atoms with Gasteiger partial charge in [0.05, 0.1) is 0 Å². The first-order valence-corrected chi connectivity index (χ1v) is 18.5. The number of hydrogen-bond donors (Lipinski definition) is 1. The van der Waals surface area contributed by atoms with Gasteiger partial charge in [-0.25, -0.2) is 0 Å². The van der Waals surface area contributed by atoms with Crippen molar-refractivity contribution in [2.24, 2.45) is 0 Å². The molecule has 0 amide bonds. The maximum absolute atomic E-state index is 12.5. The average molecular weight is 603 g/mol. The predicted octanol–water partition coefficient (Wildman–Crippen LogP) is 12.6. The number of unbranched alkanes of at least 4 members (excludes halogenated alkanes) is 18. The Kier molecular flexibility index (Phi) is 33.2. The van der Waals surface area contributed by atoms with Gasteiger partial charge in [0.1, 0.15) is 6.10 Å². The van der Waals surface area contributed by atoms with Crippen LogP contribution in [0.25, 0.3) is 0 Å². The van der Waals surface area contributed by atoms with Crippen molar-refractivity contribution in [2.75, 3.05) is 0 Å². The van der Waals surface area contributed by atoms with Crippen molar-refractivity contribution < 1.29 is 19.4 Å². The van der Waals surface area contributed by atoms with Crippen LogP contribution < -0.4 is 0 Å². The molecule has 1 N–H and O–H groups in total. The van der Waals surface area contributed by atoms with E-state index < -0.39 is 5.97 Å². The van der Waals surface area contributed by atoms with Crippen molar-refractivity contribution >= 4 is 11.9 Å². The van der Waals surface area contributed by atoms with Crippen LogP contribution in [0.5, 0.6) is 0 Å². The molecular formula is C39H70O4. The normalized spacial score (nSPS) is 12.6. The minimum Gasteiger partial charge on any atom is -0.481 e. The highest BCUT2D eigenvalue weighted by Crippen LogP contribution is 2.18. The average Bonchev–Trinajstić information content (AvgIpc) is 2.99. The van der Waals surface area contributed by atoms with E-state index in [1.165, 1.54) is 109 Å². The van der Waals surface area contributed by atoms with E-state index in [1.54, 1.807) is 0 Å². The van der Waals surface area contributed by atoms with Gasteiger partial charge in [-0.05, 0) is 96.3 Å². The van der Waals surface area contributed by atoms with E-state index in [9.17, 15) is 9.59 Å². The molecular weight excluding hydrogens is 532 g/mol. The predicted molar refractivity (Wildman–Crippen MR) is 186 cm³/mol. The van der Waals surface area contributed by atoms with Gasteiger partial charge in [0.25, 0.3) is 0 Å². The number of hydrogen-bond acceptors (Lipinski definition) is 3. The Morgan fingerprint density at radius 2 is 0.907 bits per heavy atom. The van der Waals surface area contributed by atoms with Crippen molar-refractivity contribution in [1.82, 2.24) is 0 Å². The zero-order chi connectivity index (χ0) is 31.5. The first-order chi connectivity index (χ1) is 21.1. The van der Waals surface area contributed by atoms with Crippen LogP contribution in [-0.2, 0) is 14.3 Å². The van der Waals surface area contributed by atoms with E-state index in [2.05, 4.69) is 50.3 Å². The van der Waals surface area contributed by atoms with Crippen molar-refractivity contribution in [2.45, 2.75) is 200 Å². The number of carboxylic acids is 1. The molecule has 0 saturated carbocycles. The molecule has 0 rings (SSSR count). The van der Waals surface area contributed by atoms with E-state index in [4.69, 9.17) is 9.84 Å². The van der Waals surface area contributed by atoms with E-state index >= 15 is 0 Å². The number of carboxylic acid groups (broad SMARTS) is 1. The molecule has 0 aromatic heterocycles. The fourth-order valence-electron chi connectivity index (χ4n) is 5.33. The van der Waals surface area contributed by atoms with Crippen molar-refractivity contribution in [3.05, 3.63) is 36.5 Å². The van der Waals surface area contributed by atoms with Gasteiger partial charge < -0.3 is 9.84 Å². The minimum atomic E-state index is -0.748. The second kappa shape index (κ2) is 34.6. The summed E-state index contributed by atoms with van der Waals surface area (Å²) >= 11 is 0. The van der Waals surface area contributed by atoms with Crippen LogP contribution in [0.2, 0.25) is 0 Å². The van der Waals surface area contributed by atoms with Crippen LogP contribution in [-0.4, -0.2) is 23.1 Å². The van der Waals surface area contributed by atoms with Crippen molar-refractivity contribution in [3.8, 4) is 0 Å². The largest absolute Gasteiger partial charge is 0.481 e. The molecule has 250 valence electrons. The van der Waals surface area contributed by atoms with Crippen molar-refractivity contribution in [1.29, 1.82) is 0 Å². The molecule has 0 radical (unpaired) electrons. The van der Waals surface area contributed by atoms with Gasteiger partial charge in [-0.2, -0.15) is 0 Å². The topological polar surface area (TPSA) is 63.6 Å². The Morgan fingerprint density at radius 3 is 1.49 bits per heavy atom. The number of esters is 1. The van der Waals surface area contributed by atoms with Gasteiger partial charge in [-0.15, -0.1) is 0 Å². The maximum Gasteiger partial charge on any atom is 0.306 e. The van der Waals surface area contributed by atoms with Crippen LogP contribution in [0, 0.1) is 0 Å². The van der Waals surface area contributed by atoms with Gasteiger partial charge in [-0.1, -0.05) is 121 Å². The molecule has 4 heteroatoms. The van der Waals surface area contributed by atoms with Crippen molar-refractivity contribution in [3.63, 3.8) is 0 Å². The summed E-state index contributed by atoms with van der Waals surface area (Å²) in [5.41, 5.74) is 0. The molecule has 0 aliphatic heterocycles. The lowest BCUT2D eigenvalue weighted by Gasteiger charge is -2.18. The van der Waals surface area contributed by atoms with E-state index in [0.717, 1.165) is 51.4 Å². The summed E-state index contributed by atoms with van der Waals surface area (Å²) < 4.78 is 5.84. The third-order valence-electron chi connectivity index (χ3n) is 8.08. The highest BCUT2D eigenvalue weighted by molar-refractivity contribution is 5.69. The summed E-state index contributed by atoms with van der Waals surface area (Å²) in [5, 5.41) is 8.89. The number of rotatable bonds is 33. The Hall–Kier alpha value is -1.84. The molecule has 4 nitrogen and oxygen atoms in total. The molecule has 0 fully saturated rings. The summed E-state index contributed by atoms with van der Waals surface area (Å²) in [4.78, 5) is 23.3. The molecule has 0 bridgehead atoms. The molecule has 0 spiro atoms. The van der Waals surface area contributed by atoms with Crippen LogP contribution in [0.15, 0.2) is 36.5 Å². The minimum absolute atomic E-state index is 0.0486.